The van der Waals surface area contributed by atoms with Crippen LogP contribution in [0.4, 0.5) is 4.39 Å². The maximum Gasteiger partial charge on any atom is 0.241 e. The third kappa shape index (κ3) is 2.42. The lowest BCUT2D eigenvalue weighted by atomic mass is 10.1. The summed E-state index contributed by atoms with van der Waals surface area (Å²) in [6, 6.07) is 19.6. The van der Waals surface area contributed by atoms with Gasteiger partial charge in [0.2, 0.25) is 10.0 Å². The fourth-order valence-electron chi connectivity index (χ4n) is 3.12. The second-order valence-electron chi connectivity index (χ2n) is 5.69. The van der Waals surface area contributed by atoms with E-state index in [-0.39, 0.29) is 10.7 Å². The van der Waals surface area contributed by atoms with Crippen LogP contribution in [-0.4, -0.2) is 8.42 Å². The van der Waals surface area contributed by atoms with Gasteiger partial charge in [-0.3, -0.25) is 0 Å². The normalized spacial score (nSPS) is 15.8. The van der Waals surface area contributed by atoms with Gasteiger partial charge in [0.1, 0.15) is 5.82 Å². The predicted molar refractivity (Wildman–Crippen MR) is 90.4 cm³/mol. The van der Waals surface area contributed by atoms with E-state index in [4.69, 9.17) is 0 Å². The van der Waals surface area contributed by atoms with Crippen LogP contribution in [0.1, 0.15) is 17.2 Å². The van der Waals surface area contributed by atoms with Crippen molar-refractivity contribution in [1.82, 2.24) is 4.72 Å². The van der Waals surface area contributed by atoms with Crippen LogP contribution in [0.3, 0.4) is 0 Å². The molecule has 24 heavy (non-hydrogen) atoms. The molecule has 3 aromatic rings. The molecule has 0 saturated carbocycles. The zero-order valence-electron chi connectivity index (χ0n) is 12.6. The Morgan fingerprint density at radius 2 is 1.46 bits per heavy atom. The first kappa shape index (κ1) is 15.1. The highest BCUT2D eigenvalue weighted by atomic mass is 32.2. The van der Waals surface area contributed by atoms with Gasteiger partial charge in [-0.1, -0.05) is 48.5 Å². The fourth-order valence-corrected chi connectivity index (χ4v) is 4.34. The first-order chi connectivity index (χ1) is 11.6. The maximum absolute atomic E-state index is 13.6. The molecule has 1 unspecified atom stereocenters. The average molecular weight is 339 g/mol. The van der Waals surface area contributed by atoms with Gasteiger partial charge < -0.3 is 0 Å². The molecular weight excluding hydrogens is 325 g/mol. The first-order valence-corrected chi connectivity index (χ1v) is 9.01. The van der Waals surface area contributed by atoms with Crippen molar-refractivity contribution in [2.45, 2.75) is 10.9 Å². The van der Waals surface area contributed by atoms with Crippen LogP contribution in [0.25, 0.3) is 11.1 Å². The van der Waals surface area contributed by atoms with Crippen LogP contribution in [-0.2, 0) is 10.0 Å². The Morgan fingerprint density at radius 3 is 2.25 bits per heavy atom. The zero-order valence-corrected chi connectivity index (χ0v) is 13.4. The highest BCUT2D eigenvalue weighted by molar-refractivity contribution is 7.89. The Labute approximate surface area is 139 Å². The molecule has 0 fully saturated rings. The molecule has 0 saturated heterocycles. The summed E-state index contributed by atoms with van der Waals surface area (Å²) < 4.78 is 41.8. The molecule has 0 bridgehead atoms. The van der Waals surface area contributed by atoms with Crippen LogP contribution in [0.15, 0.2) is 77.7 Å². The smallest absolute Gasteiger partial charge is 0.207 e. The van der Waals surface area contributed by atoms with Crippen molar-refractivity contribution in [2.24, 2.45) is 0 Å². The average Bonchev–Trinajstić information content (AvgIpc) is 2.89. The number of sulfonamides is 1. The zero-order chi connectivity index (χ0) is 16.7. The minimum atomic E-state index is -3.68. The van der Waals surface area contributed by atoms with Gasteiger partial charge in [-0.25, -0.2) is 12.8 Å². The number of halogens is 1. The SMILES string of the molecule is O=S(=O)(NC1c2ccccc2-c2cc(F)ccc21)c1ccccc1. The third-order valence-electron chi connectivity index (χ3n) is 4.21. The largest absolute Gasteiger partial charge is 0.241 e. The number of nitrogens with one attached hydrogen (secondary N) is 1. The van der Waals surface area contributed by atoms with Gasteiger partial charge in [0.15, 0.2) is 0 Å². The van der Waals surface area contributed by atoms with E-state index in [1.54, 1.807) is 36.4 Å². The number of hydrogen-bond acceptors (Lipinski definition) is 2. The molecule has 0 spiro atoms. The topological polar surface area (TPSA) is 46.2 Å². The molecule has 5 heteroatoms. The molecule has 120 valence electrons. The van der Waals surface area contributed by atoms with E-state index in [9.17, 15) is 12.8 Å². The summed E-state index contributed by atoms with van der Waals surface area (Å²) in [5.41, 5.74) is 3.17. The van der Waals surface area contributed by atoms with Crippen LogP contribution in [0.2, 0.25) is 0 Å². The second kappa shape index (κ2) is 5.54. The van der Waals surface area contributed by atoms with Gasteiger partial charge in [-0.2, -0.15) is 4.72 Å². The van der Waals surface area contributed by atoms with Gasteiger partial charge in [-0.15, -0.1) is 0 Å². The first-order valence-electron chi connectivity index (χ1n) is 7.52. The van der Waals surface area contributed by atoms with Crippen molar-refractivity contribution in [3.8, 4) is 11.1 Å². The van der Waals surface area contributed by atoms with Crippen LogP contribution in [0, 0.1) is 5.82 Å². The van der Waals surface area contributed by atoms with Crippen LogP contribution in [0.5, 0.6) is 0 Å². The molecule has 1 aliphatic rings. The Balaban J connectivity index is 1.82. The summed E-state index contributed by atoms with van der Waals surface area (Å²) in [5.74, 6) is -0.338. The summed E-state index contributed by atoms with van der Waals surface area (Å²) in [6.07, 6.45) is 0. The fraction of sp³-hybridized carbons (Fsp3) is 0.0526. The van der Waals surface area contributed by atoms with Crippen molar-refractivity contribution >= 4 is 10.0 Å². The highest BCUT2D eigenvalue weighted by Gasteiger charge is 2.32. The molecule has 0 heterocycles. The highest BCUT2D eigenvalue weighted by Crippen LogP contribution is 2.44. The molecular formula is C19H14FNO2S. The van der Waals surface area contributed by atoms with Crippen molar-refractivity contribution in [3.63, 3.8) is 0 Å². The standard InChI is InChI=1S/C19H14FNO2S/c20-13-10-11-17-18(12-13)15-8-4-5-9-16(15)19(17)21-24(22,23)14-6-2-1-3-7-14/h1-12,19,21H. The number of rotatable bonds is 3. The molecule has 1 N–H and O–H groups in total. The molecule has 4 rings (SSSR count). The monoisotopic (exact) mass is 339 g/mol. The van der Waals surface area contributed by atoms with Gasteiger partial charge >= 0.3 is 0 Å². The minimum Gasteiger partial charge on any atom is -0.207 e. The summed E-state index contributed by atoms with van der Waals surface area (Å²) in [4.78, 5) is 0.207. The van der Waals surface area contributed by atoms with Crippen LogP contribution < -0.4 is 4.72 Å². The van der Waals surface area contributed by atoms with Crippen molar-refractivity contribution in [2.75, 3.05) is 0 Å². The Kier molecular flexibility index (Phi) is 3.48. The lowest BCUT2D eigenvalue weighted by Crippen LogP contribution is -2.28. The second-order valence-corrected chi connectivity index (χ2v) is 7.40. The van der Waals surface area contributed by atoms with E-state index in [0.717, 1.165) is 22.3 Å². The summed E-state index contributed by atoms with van der Waals surface area (Å²) >= 11 is 0. The molecule has 0 aliphatic heterocycles. The molecule has 3 aromatic carbocycles. The summed E-state index contributed by atoms with van der Waals surface area (Å²) in [6.45, 7) is 0. The van der Waals surface area contributed by atoms with Crippen molar-refractivity contribution < 1.29 is 12.8 Å². The summed E-state index contributed by atoms with van der Waals surface area (Å²) in [5, 5.41) is 0. The minimum absolute atomic E-state index is 0.207. The third-order valence-corrected chi connectivity index (χ3v) is 5.65. The Hall–Kier alpha value is -2.50. The van der Waals surface area contributed by atoms with E-state index < -0.39 is 16.1 Å². The van der Waals surface area contributed by atoms with Crippen LogP contribution >= 0.6 is 0 Å². The molecule has 0 radical (unpaired) electrons. The molecule has 1 atom stereocenters. The van der Waals surface area contributed by atoms with Gasteiger partial charge in [0, 0.05) is 0 Å². The van der Waals surface area contributed by atoms with Gasteiger partial charge in [-0.05, 0) is 46.5 Å². The predicted octanol–water partition coefficient (Wildman–Crippen LogP) is 3.87. The van der Waals surface area contributed by atoms with E-state index in [1.165, 1.54) is 12.1 Å². The van der Waals surface area contributed by atoms with Gasteiger partial charge in [0.05, 0.1) is 10.9 Å². The quantitative estimate of drug-likeness (QED) is 0.787. The summed E-state index contributed by atoms with van der Waals surface area (Å²) in [7, 11) is -3.68. The molecule has 3 nitrogen and oxygen atoms in total. The van der Waals surface area contributed by atoms with Gasteiger partial charge in [0.25, 0.3) is 0 Å². The number of benzene rings is 3. The van der Waals surface area contributed by atoms with Crippen molar-refractivity contribution in [1.29, 1.82) is 0 Å². The molecule has 0 aromatic heterocycles. The van der Waals surface area contributed by atoms with E-state index in [0.29, 0.717) is 0 Å². The lowest BCUT2D eigenvalue weighted by molar-refractivity contribution is 0.573. The molecule has 0 amide bonds. The number of hydrogen-bond donors (Lipinski definition) is 1. The van der Waals surface area contributed by atoms with E-state index >= 15 is 0 Å². The Morgan fingerprint density at radius 1 is 0.792 bits per heavy atom. The molecule has 1 aliphatic carbocycles. The Bertz CT molecular complexity index is 1020. The lowest BCUT2D eigenvalue weighted by Gasteiger charge is -2.16. The number of fused-ring (bicyclic) bond motifs is 3. The van der Waals surface area contributed by atoms with E-state index in [1.807, 2.05) is 24.3 Å². The maximum atomic E-state index is 13.6. The van der Waals surface area contributed by atoms with E-state index in [2.05, 4.69) is 4.72 Å². The van der Waals surface area contributed by atoms with Crippen molar-refractivity contribution in [3.05, 3.63) is 89.7 Å².